The number of carbonyl (C=O) groups is 3. The van der Waals surface area contributed by atoms with Crippen molar-refractivity contribution in [3.8, 4) is 0 Å². The molecular formula is C15H12N2O5. The molecule has 0 radical (unpaired) electrons. The molecule has 0 bridgehead atoms. The quantitative estimate of drug-likeness (QED) is 0.793. The lowest BCUT2D eigenvalue weighted by Crippen LogP contribution is -2.44. The Balaban J connectivity index is 2.24. The van der Waals surface area contributed by atoms with E-state index in [-0.39, 0.29) is 23.8 Å². The van der Waals surface area contributed by atoms with E-state index >= 15 is 0 Å². The lowest BCUT2D eigenvalue weighted by Gasteiger charge is -2.23. The molecule has 1 atom stereocenters. The van der Waals surface area contributed by atoms with Crippen molar-refractivity contribution in [3.63, 3.8) is 0 Å². The summed E-state index contributed by atoms with van der Waals surface area (Å²) in [6, 6.07) is 5.46. The summed E-state index contributed by atoms with van der Waals surface area (Å²) < 4.78 is 1.10. The van der Waals surface area contributed by atoms with Gasteiger partial charge in [0, 0.05) is 23.4 Å². The minimum absolute atomic E-state index is 0.0556. The summed E-state index contributed by atoms with van der Waals surface area (Å²) in [5, 5.41) is 12.1. The van der Waals surface area contributed by atoms with E-state index in [0.717, 1.165) is 4.57 Å². The van der Waals surface area contributed by atoms with E-state index in [1.54, 1.807) is 18.2 Å². The van der Waals surface area contributed by atoms with E-state index in [0.29, 0.717) is 5.39 Å². The molecule has 0 aliphatic carbocycles. The Morgan fingerprint density at radius 1 is 1.18 bits per heavy atom. The van der Waals surface area contributed by atoms with Crippen LogP contribution in [0.3, 0.4) is 0 Å². The number of nitrogens with one attached hydrogen (secondary N) is 1. The molecule has 7 nitrogen and oxygen atoms in total. The average molecular weight is 300 g/mol. The van der Waals surface area contributed by atoms with Gasteiger partial charge in [0.1, 0.15) is 6.04 Å². The second-order valence-corrected chi connectivity index (χ2v) is 5.07. The highest BCUT2D eigenvalue weighted by atomic mass is 16.4. The standard InChI is InChI=1S/C15H12N2O5/c18-12-6-5-11(13(19)16-12)17-7-10(15(21)22)8-3-1-2-4-9(8)14(17)20/h1-4,7,11H,5-6H2,(H,21,22)(H,16,18,19). The van der Waals surface area contributed by atoms with Crippen LogP contribution >= 0.6 is 0 Å². The molecule has 1 saturated heterocycles. The Bertz CT molecular complexity index is 868. The smallest absolute Gasteiger partial charge is 0.337 e. The van der Waals surface area contributed by atoms with E-state index in [9.17, 15) is 24.3 Å². The van der Waals surface area contributed by atoms with Crippen LogP contribution in [0.25, 0.3) is 10.8 Å². The number of aromatic nitrogens is 1. The number of nitrogens with zero attached hydrogens (tertiary/aromatic N) is 1. The van der Waals surface area contributed by atoms with Gasteiger partial charge in [0.15, 0.2) is 0 Å². The van der Waals surface area contributed by atoms with Crippen LogP contribution in [-0.2, 0) is 9.59 Å². The van der Waals surface area contributed by atoms with E-state index in [4.69, 9.17) is 0 Å². The fraction of sp³-hybridized carbons (Fsp3) is 0.200. The molecule has 1 aliphatic heterocycles. The van der Waals surface area contributed by atoms with Gasteiger partial charge in [-0.15, -0.1) is 0 Å². The van der Waals surface area contributed by atoms with E-state index in [2.05, 4.69) is 5.32 Å². The molecule has 0 spiro atoms. The molecule has 2 heterocycles. The van der Waals surface area contributed by atoms with Gasteiger partial charge in [-0.05, 0) is 12.5 Å². The van der Waals surface area contributed by atoms with Crippen LogP contribution < -0.4 is 10.9 Å². The second kappa shape index (κ2) is 5.10. The molecule has 112 valence electrons. The fourth-order valence-corrected chi connectivity index (χ4v) is 2.66. The fourth-order valence-electron chi connectivity index (χ4n) is 2.66. The molecule has 1 fully saturated rings. The molecule has 22 heavy (non-hydrogen) atoms. The molecule has 1 unspecified atom stereocenters. The molecule has 1 aromatic carbocycles. The highest BCUT2D eigenvalue weighted by Crippen LogP contribution is 2.21. The van der Waals surface area contributed by atoms with Crippen LogP contribution in [0.2, 0.25) is 0 Å². The Morgan fingerprint density at radius 2 is 1.86 bits per heavy atom. The Morgan fingerprint density at radius 3 is 2.50 bits per heavy atom. The van der Waals surface area contributed by atoms with Crippen molar-refractivity contribution in [1.82, 2.24) is 9.88 Å². The SMILES string of the molecule is O=C1CCC(n2cc(C(=O)O)c3ccccc3c2=O)C(=O)N1. The summed E-state index contributed by atoms with van der Waals surface area (Å²) >= 11 is 0. The maximum Gasteiger partial charge on any atom is 0.337 e. The Labute approximate surface area is 124 Å². The highest BCUT2D eigenvalue weighted by molar-refractivity contribution is 6.03. The molecule has 0 saturated carbocycles. The number of carboxylic acids is 1. The van der Waals surface area contributed by atoms with E-state index in [1.165, 1.54) is 12.3 Å². The lowest BCUT2D eigenvalue weighted by atomic mass is 10.0. The molecule has 1 aromatic heterocycles. The molecule has 2 aromatic rings. The van der Waals surface area contributed by atoms with Gasteiger partial charge in [0.05, 0.1) is 5.56 Å². The summed E-state index contributed by atoms with van der Waals surface area (Å²) in [5.74, 6) is -2.17. The number of benzene rings is 1. The highest BCUT2D eigenvalue weighted by Gasteiger charge is 2.29. The van der Waals surface area contributed by atoms with Crippen LogP contribution in [0.5, 0.6) is 0 Å². The van der Waals surface area contributed by atoms with Gasteiger partial charge in [-0.25, -0.2) is 4.79 Å². The third-order valence-corrected chi connectivity index (χ3v) is 3.73. The van der Waals surface area contributed by atoms with Gasteiger partial charge in [-0.1, -0.05) is 18.2 Å². The van der Waals surface area contributed by atoms with Crippen molar-refractivity contribution in [2.75, 3.05) is 0 Å². The molecule has 1 aliphatic rings. The first-order valence-corrected chi connectivity index (χ1v) is 6.70. The first kappa shape index (κ1) is 14.0. The second-order valence-electron chi connectivity index (χ2n) is 5.07. The predicted molar refractivity (Wildman–Crippen MR) is 76.6 cm³/mol. The molecule has 7 heteroatoms. The summed E-state index contributed by atoms with van der Waals surface area (Å²) in [7, 11) is 0. The van der Waals surface area contributed by atoms with Gasteiger partial charge in [0.2, 0.25) is 11.8 Å². The first-order valence-electron chi connectivity index (χ1n) is 6.70. The molecule has 2 N–H and O–H groups in total. The minimum atomic E-state index is -1.18. The van der Waals surface area contributed by atoms with Gasteiger partial charge in [-0.3, -0.25) is 19.7 Å². The maximum absolute atomic E-state index is 12.5. The minimum Gasteiger partial charge on any atom is -0.478 e. The number of imide groups is 1. The number of carboxylic acid groups (broad SMARTS) is 1. The molecular weight excluding hydrogens is 288 g/mol. The zero-order chi connectivity index (χ0) is 15.9. The van der Waals surface area contributed by atoms with Crippen LogP contribution in [0, 0.1) is 0 Å². The van der Waals surface area contributed by atoms with Gasteiger partial charge in [-0.2, -0.15) is 0 Å². The Kier molecular flexibility index (Phi) is 3.25. The summed E-state index contributed by atoms with van der Waals surface area (Å²) in [5.41, 5.74) is -0.505. The largest absolute Gasteiger partial charge is 0.478 e. The van der Waals surface area contributed by atoms with Crippen molar-refractivity contribution in [3.05, 3.63) is 46.4 Å². The normalized spacial score (nSPS) is 18.3. The van der Waals surface area contributed by atoms with E-state index in [1.807, 2.05) is 0 Å². The van der Waals surface area contributed by atoms with Gasteiger partial charge < -0.3 is 9.67 Å². The predicted octanol–water partition coefficient (Wildman–Crippen LogP) is 0.677. The number of hydrogen-bond acceptors (Lipinski definition) is 4. The number of amides is 2. The zero-order valence-electron chi connectivity index (χ0n) is 11.4. The molecule has 2 amide bonds. The number of hydrogen-bond donors (Lipinski definition) is 2. The van der Waals surface area contributed by atoms with Crippen LogP contribution in [0.4, 0.5) is 0 Å². The average Bonchev–Trinajstić information content (AvgIpc) is 2.48. The molecule has 3 rings (SSSR count). The summed E-state index contributed by atoms with van der Waals surface area (Å²) in [6.07, 6.45) is 1.45. The van der Waals surface area contributed by atoms with Gasteiger partial charge >= 0.3 is 5.97 Å². The van der Waals surface area contributed by atoms with Crippen molar-refractivity contribution in [2.45, 2.75) is 18.9 Å². The topological polar surface area (TPSA) is 105 Å². The van der Waals surface area contributed by atoms with Crippen LogP contribution in [-0.4, -0.2) is 27.5 Å². The van der Waals surface area contributed by atoms with Crippen molar-refractivity contribution >= 4 is 28.6 Å². The van der Waals surface area contributed by atoms with E-state index < -0.39 is 29.4 Å². The van der Waals surface area contributed by atoms with Crippen molar-refractivity contribution in [1.29, 1.82) is 0 Å². The monoisotopic (exact) mass is 300 g/mol. The summed E-state index contributed by atoms with van der Waals surface area (Å²) in [6.45, 7) is 0. The number of aromatic carboxylic acids is 1. The Hall–Kier alpha value is -2.96. The van der Waals surface area contributed by atoms with Crippen molar-refractivity contribution < 1.29 is 19.5 Å². The third-order valence-electron chi connectivity index (χ3n) is 3.73. The first-order chi connectivity index (χ1) is 10.5. The maximum atomic E-state index is 12.5. The number of pyridine rings is 1. The lowest BCUT2D eigenvalue weighted by molar-refractivity contribution is -0.135. The number of piperidine rings is 1. The number of rotatable bonds is 2. The third kappa shape index (κ3) is 2.16. The zero-order valence-corrected chi connectivity index (χ0v) is 11.4. The van der Waals surface area contributed by atoms with Crippen LogP contribution in [0.1, 0.15) is 29.2 Å². The van der Waals surface area contributed by atoms with Crippen molar-refractivity contribution in [2.24, 2.45) is 0 Å². The van der Waals surface area contributed by atoms with Gasteiger partial charge in [0.25, 0.3) is 5.56 Å². The summed E-state index contributed by atoms with van der Waals surface area (Å²) in [4.78, 5) is 47.1. The van der Waals surface area contributed by atoms with Crippen LogP contribution in [0.15, 0.2) is 35.3 Å². The number of fused-ring (bicyclic) bond motifs is 1. The number of carbonyl (C=O) groups excluding carboxylic acids is 2.